The van der Waals surface area contributed by atoms with E-state index in [2.05, 4.69) is 5.32 Å². The minimum atomic E-state index is -0.540. The lowest BCUT2D eigenvalue weighted by Gasteiger charge is -2.15. The fraction of sp³-hybridized carbons (Fsp3) is 0.158. The van der Waals surface area contributed by atoms with Gasteiger partial charge in [-0.3, -0.25) is 14.8 Å². The van der Waals surface area contributed by atoms with Crippen molar-refractivity contribution >= 4 is 38.9 Å². The Labute approximate surface area is 149 Å². The maximum Gasteiger partial charge on any atom is 0.284 e. The first-order chi connectivity index (χ1) is 12.1. The van der Waals surface area contributed by atoms with E-state index in [9.17, 15) is 9.59 Å². The number of thiophene rings is 1. The molecular weight excluding hydrogens is 336 g/mol. The summed E-state index contributed by atoms with van der Waals surface area (Å²) in [4.78, 5) is 24.6. The summed E-state index contributed by atoms with van der Waals surface area (Å²) in [6.45, 7) is 1.99. The first kappa shape index (κ1) is 17.1. The lowest BCUT2D eigenvalue weighted by molar-refractivity contribution is -0.117. The molecule has 0 bridgehead atoms. The number of amides is 2. The second-order valence-corrected chi connectivity index (χ2v) is 6.75. The van der Waals surface area contributed by atoms with Crippen molar-refractivity contribution in [1.82, 2.24) is 5.48 Å². The molecule has 0 spiro atoms. The number of rotatable bonds is 5. The summed E-state index contributed by atoms with van der Waals surface area (Å²) in [5, 5.41) is 12.6. The Morgan fingerprint density at radius 2 is 1.88 bits per heavy atom. The lowest BCUT2D eigenvalue weighted by Crippen LogP contribution is -2.20. The molecule has 0 aliphatic carbocycles. The summed E-state index contributed by atoms with van der Waals surface area (Å²) in [5.41, 5.74) is 3.30. The number of fused-ring (bicyclic) bond motifs is 1. The average molecular weight is 354 g/mol. The van der Waals surface area contributed by atoms with Crippen LogP contribution in [0.1, 0.15) is 34.5 Å². The number of hydroxylamine groups is 1. The van der Waals surface area contributed by atoms with Crippen LogP contribution in [-0.4, -0.2) is 17.0 Å². The zero-order valence-corrected chi connectivity index (χ0v) is 14.5. The Bertz CT molecular complexity index is 905. The molecule has 0 aliphatic heterocycles. The molecule has 0 saturated heterocycles. The number of benzene rings is 2. The molecule has 0 radical (unpaired) electrons. The van der Waals surface area contributed by atoms with Gasteiger partial charge in [-0.1, -0.05) is 43.3 Å². The van der Waals surface area contributed by atoms with Crippen molar-refractivity contribution in [3.05, 3.63) is 65.0 Å². The van der Waals surface area contributed by atoms with E-state index >= 15 is 0 Å². The molecule has 0 unspecified atom stereocenters. The van der Waals surface area contributed by atoms with Gasteiger partial charge in [0, 0.05) is 10.4 Å². The number of carbonyl (C=O) groups is 2. The highest BCUT2D eigenvalue weighted by atomic mass is 32.1. The predicted octanol–water partition coefficient (Wildman–Crippen LogP) is 4.15. The summed E-state index contributed by atoms with van der Waals surface area (Å²) in [6, 6.07) is 16.9. The van der Waals surface area contributed by atoms with Gasteiger partial charge in [-0.05, 0) is 35.6 Å². The number of nitrogens with one attached hydrogen (secondary N) is 2. The van der Waals surface area contributed by atoms with Gasteiger partial charge in [0.2, 0.25) is 5.91 Å². The Morgan fingerprint density at radius 1 is 1.12 bits per heavy atom. The fourth-order valence-corrected chi connectivity index (χ4v) is 3.75. The average Bonchev–Trinajstić information content (AvgIpc) is 3.06. The van der Waals surface area contributed by atoms with Gasteiger partial charge in [-0.2, -0.15) is 0 Å². The zero-order valence-electron chi connectivity index (χ0n) is 13.7. The van der Waals surface area contributed by atoms with Crippen molar-refractivity contribution in [2.75, 3.05) is 5.32 Å². The van der Waals surface area contributed by atoms with Gasteiger partial charge in [0.25, 0.3) is 5.91 Å². The smallest absolute Gasteiger partial charge is 0.284 e. The van der Waals surface area contributed by atoms with Crippen LogP contribution in [0.5, 0.6) is 0 Å². The van der Waals surface area contributed by atoms with Gasteiger partial charge in [0.1, 0.15) is 0 Å². The van der Waals surface area contributed by atoms with Crippen LogP contribution in [0.3, 0.4) is 0 Å². The summed E-state index contributed by atoms with van der Waals surface area (Å²) >= 11 is 1.26. The molecule has 1 aromatic heterocycles. The van der Waals surface area contributed by atoms with E-state index in [-0.39, 0.29) is 11.8 Å². The number of hydrogen-bond acceptors (Lipinski definition) is 4. The maximum atomic E-state index is 12.6. The number of hydrogen-bond donors (Lipinski definition) is 3. The van der Waals surface area contributed by atoms with Gasteiger partial charge in [0.05, 0.1) is 10.8 Å². The van der Waals surface area contributed by atoms with Crippen LogP contribution in [0, 0.1) is 0 Å². The zero-order chi connectivity index (χ0) is 17.8. The van der Waals surface area contributed by atoms with Gasteiger partial charge in [0.15, 0.2) is 0 Å². The molecule has 0 saturated carbocycles. The maximum absolute atomic E-state index is 12.6. The normalized spacial score (nSPS) is 11.9. The van der Waals surface area contributed by atoms with Crippen molar-refractivity contribution in [3.8, 4) is 0 Å². The van der Waals surface area contributed by atoms with Crippen LogP contribution < -0.4 is 10.8 Å². The highest BCUT2D eigenvalue weighted by Gasteiger charge is 2.19. The molecule has 0 aliphatic rings. The van der Waals surface area contributed by atoms with Crippen LogP contribution in [0.2, 0.25) is 0 Å². The highest BCUT2D eigenvalue weighted by Crippen LogP contribution is 2.29. The predicted molar refractivity (Wildman–Crippen MR) is 99.2 cm³/mol. The third-order valence-corrected chi connectivity index (χ3v) is 5.14. The minimum absolute atomic E-state index is 0.0575. The Balaban J connectivity index is 1.82. The van der Waals surface area contributed by atoms with E-state index in [0.29, 0.717) is 17.0 Å². The first-order valence-electron chi connectivity index (χ1n) is 7.96. The summed E-state index contributed by atoms with van der Waals surface area (Å²) in [5.74, 6) is -0.809. The fourth-order valence-electron chi connectivity index (χ4n) is 2.76. The molecular formula is C19H18N2O3S. The van der Waals surface area contributed by atoms with E-state index in [1.54, 1.807) is 11.5 Å². The van der Waals surface area contributed by atoms with Crippen molar-refractivity contribution in [2.45, 2.75) is 19.3 Å². The lowest BCUT2D eigenvalue weighted by atomic mass is 9.95. The Morgan fingerprint density at radius 3 is 2.56 bits per heavy atom. The molecule has 3 rings (SSSR count). The Hall–Kier alpha value is -2.70. The van der Waals surface area contributed by atoms with E-state index in [4.69, 9.17) is 5.21 Å². The molecule has 1 atom stereocenters. The number of carbonyl (C=O) groups excluding carboxylic acids is 2. The van der Waals surface area contributed by atoms with Crippen LogP contribution >= 0.6 is 11.3 Å². The first-order valence-corrected chi connectivity index (χ1v) is 8.78. The van der Waals surface area contributed by atoms with Gasteiger partial charge < -0.3 is 5.32 Å². The molecule has 128 valence electrons. The van der Waals surface area contributed by atoms with Crippen molar-refractivity contribution < 1.29 is 14.8 Å². The molecule has 3 aromatic rings. The van der Waals surface area contributed by atoms with Crippen molar-refractivity contribution in [2.24, 2.45) is 0 Å². The second kappa shape index (κ2) is 7.46. The number of anilines is 1. The standard InChI is InChI=1S/C19H18N2O3S/c1-2-15(12-6-4-3-5-7-12)18(22)20-14-9-8-13-10-17(19(23)21-24)25-16(13)11-14/h3-11,15,24H,2H2,1H3,(H,20,22)(H,21,23)/t15-/m0/s1. The molecule has 25 heavy (non-hydrogen) atoms. The molecule has 5 nitrogen and oxygen atoms in total. The summed E-state index contributed by atoms with van der Waals surface area (Å²) in [7, 11) is 0. The molecule has 0 fully saturated rings. The SMILES string of the molecule is CC[C@H](C(=O)Nc1ccc2cc(C(=O)NO)sc2c1)c1ccccc1. The Kier molecular flexibility index (Phi) is 5.11. The molecule has 1 heterocycles. The monoisotopic (exact) mass is 354 g/mol. The molecule has 6 heteroatoms. The molecule has 3 N–H and O–H groups in total. The van der Waals surface area contributed by atoms with E-state index < -0.39 is 5.91 Å². The van der Waals surface area contributed by atoms with E-state index in [1.807, 2.05) is 55.5 Å². The topological polar surface area (TPSA) is 78.4 Å². The second-order valence-electron chi connectivity index (χ2n) is 5.66. The van der Waals surface area contributed by atoms with E-state index in [1.165, 1.54) is 11.3 Å². The quantitative estimate of drug-likeness (QED) is 0.476. The highest BCUT2D eigenvalue weighted by molar-refractivity contribution is 7.20. The molecule has 2 aromatic carbocycles. The molecule has 2 amide bonds. The van der Waals surface area contributed by atoms with Gasteiger partial charge in [-0.25, -0.2) is 5.48 Å². The summed E-state index contributed by atoms with van der Waals surface area (Å²) in [6.07, 6.45) is 0.706. The van der Waals surface area contributed by atoms with Crippen molar-refractivity contribution in [1.29, 1.82) is 0 Å². The third kappa shape index (κ3) is 3.70. The van der Waals surface area contributed by atoms with E-state index in [0.717, 1.165) is 15.6 Å². The summed E-state index contributed by atoms with van der Waals surface area (Å²) < 4.78 is 0.865. The largest absolute Gasteiger partial charge is 0.326 e. The minimum Gasteiger partial charge on any atom is -0.326 e. The third-order valence-electron chi connectivity index (χ3n) is 4.04. The van der Waals surface area contributed by atoms with Crippen LogP contribution in [-0.2, 0) is 4.79 Å². The van der Waals surface area contributed by atoms with Crippen molar-refractivity contribution in [3.63, 3.8) is 0 Å². The van der Waals surface area contributed by atoms with Gasteiger partial charge in [-0.15, -0.1) is 11.3 Å². The van der Waals surface area contributed by atoms with Crippen LogP contribution in [0.25, 0.3) is 10.1 Å². The van der Waals surface area contributed by atoms with Gasteiger partial charge >= 0.3 is 0 Å². The van der Waals surface area contributed by atoms with Crippen LogP contribution in [0.4, 0.5) is 5.69 Å². The van der Waals surface area contributed by atoms with Crippen LogP contribution in [0.15, 0.2) is 54.6 Å².